The van der Waals surface area contributed by atoms with Gasteiger partial charge in [0.2, 0.25) is 5.91 Å². The second kappa shape index (κ2) is 13.9. The number of ether oxygens (including phenoxy) is 3. The van der Waals surface area contributed by atoms with Crippen LogP contribution < -0.4 is 10.1 Å². The minimum absolute atomic E-state index is 0.0436. The maximum atomic E-state index is 15.1. The first kappa shape index (κ1) is 33.8. The molecule has 2 N–H and O–H groups in total. The van der Waals surface area contributed by atoms with Crippen LogP contribution in [0.3, 0.4) is 0 Å². The normalized spacial score (nSPS) is 14.3. The Bertz CT molecular complexity index is 1540. The molecular weight excluding hydrogens is 601 g/mol. The monoisotopic (exact) mass is 639 g/mol. The Labute approximate surface area is 265 Å². The molecule has 0 bridgehead atoms. The van der Waals surface area contributed by atoms with Gasteiger partial charge in [-0.15, -0.1) is 10.2 Å². The SMILES string of the molecule is CC(C)(C)OC(=O)Nc1ccc(C(=O)Oc2ccc(CC(C(=O)N3CCN(C(=O)OC(C)(C)C)CC3)c3nn[nH]n3)cc2F)cc1. The van der Waals surface area contributed by atoms with E-state index >= 15 is 4.39 Å². The Hall–Kier alpha value is -5.08. The average molecular weight is 640 g/mol. The number of nitrogens with zero attached hydrogens (tertiary/aromatic N) is 5. The first-order valence-corrected chi connectivity index (χ1v) is 14.7. The van der Waals surface area contributed by atoms with Crippen molar-refractivity contribution in [1.29, 1.82) is 0 Å². The van der Waals surface area contributed by atoms with Gasteiger partial charge in [0.05, 0.1) is 5.56 Å². The third kappa shape index (κ3) is 9.46. The molecule has 1 unspecified atom stereocenters. The number of hydrogen-bond acceptors (Lipinski definition) is 10. The summed E-state index contributed by atoms with van der Waals surface area (Å²) in [5.74, 6) is -2.95. The molecule has 1 atom stereocenters. The Morgan fingerprint density at radius 2 is 1.54 bits per heavy atom. The van der Waals surface area contributed by atoms with Crippen molar-refractivity contribution in [3.8, 4) is 5.75 Å². The molecule has 0 aliphatic carbocycles. The highest BCUT2D eigenvalue weighted by Crippen LogP contribution is 2.26. The van der Waals surface area contributed by atoms with Gasteiger partial charge in [0.1, 0.15) is 17.1 Å². The van der Waals surface area contributed by atoms with E-state index < -0.39 is 41.1 Å². The molecule has 3 amide bonds. The smallest absolute Gasteiger partial charge is 0.412 e. The summed E-state index contributed by atoms with van der Waals surface area (Å²) in [6, 6.07) is 9.86. The Morgan fingerprint density at radius 3 is 2.11 bits per heavy atom. The number of amides is 3. The van der Waals surface area contributed by atoms with Gasteiger partial charge in [0, 0.05) is 31.9 Å². The van der Waals surface area contributed by atoms with E-state index in [9.17, 15) is 19.2 Å². The summed E-state index contributed by atoms with van der Waals surface area (Å²) in [5, 5.41) is 16.5. The van der Waals surface area contributed by atoms with Crippen LogP contribution in [-0.4, -0.2) is 91.9 Å². The van der Waals surface area contributed by atoms with E-state index in [1.165, 1.54) is 36.4 Å². The molecule has 1 saturated heterocycles. The van der Waals surface area contributed by atoms with Gasteiger partial charge in [0.15, 0.2) is 17.4 Å². The van der Waals surface area contributed by atoms with E-state index in [4.69, 9.17) is 14.2 Å². The van der Waals surface area contributed by atoms with Crippen LogP contribution in [0.5, 0.6) is 5.75 Å². The van der Waals surface area contributed by atoms with Crippen LogP contribution in [0.1, 0.15) is 69.2 Å². The van der Waals surface area contributed by atoms with Crippen LogP contribution in [0.4, 0.5) is 19.7 Å². The molecule has 1 aliphatic rings. The third-order valence-electron chi connectivity index (χ3n) is 6.62. The van der Waals surface area contributed by atoms with Gasteiger partial charge in [-0.2, -0.15) is 5.21 Å². The average Bonchev–Trinajstić information content (AvgIpc) is 3.50. The number of aromatic amines is 1. The molecule has 1 aliphatic heterocycles. The van der Waals surface area contributed by atoms with Gasteiger partial charge >= 0.3 is 18.2 Å². The van der Waals surface area contributed by atoms with Crippen molar-refractivity contribution in [3.05, 3.63) is 65.2 Å². The summed E-state index contributed by atoms with van der Waals surface area (Å²) in [5.41, 5.74) is -0.336. The molecule has 1 aromatic heterocycles. The minimum Gasteiger partial charge on any atom is -0.444 e. The van der Waals surface area contributed by atoms with Crippen molar-refractivity contribution in [1.82, 2.24) is 30.4 Å². The van der Waals surface area contributed by atoms with Crippen molar-refractivity contribution in [2.75, 3.05) is 31.5 Å². The van der Waals surface area contributed by atoms with Crippen molar-refractivity contribution in [3.63, 3.8) is 0 Å². The number of halogens is 1. The Kier molecular flexibility index (Phi) is 10.2. The maximum absolute atomic E-state index is 15.1. The molecule has 0 spiro atoms. The number of H-pyrrole nitrogens is 1. The molecule has 1 fully saturated rings. The van der Waals surface area contributed by atoms with Crippen LogP contribution in [0, 0.1) is 5.82 Å². The number of nitrogens with one attached hydrogen (secondary N) is 2. The lowest BCUT2D eigenvalue weighted by Gasteiger charge is -2.36. The molecule has 15 heteroatoms. The van der Waals surface area contributed by atoms with Crippen molar-refractivity contribution in [2.24, 2.45) is 0 Å². The number of esters is 1. The van der Waals surface area contributed by atoms with Crippen LogP contribution >= 0.6 is 0 Å². The highest BCUT2D eigenvalue weighted by Gasteiger charge is 2.34. The molecule has 246 valence electrons. The predicted octanol–water partition coefficient (Wildman–Crippen LogP) is 4.31. The van der Waals surface area contributed by atoms with E-state index in [2.05, 4.69) is 25.9 Å². The molecule has 46 heavy (non-hydrogen) atoms. The number of tetrazole rings is 1. The molecule has 0 saturated carbocycles. The van der Waals surface area contributed by atoms with Crippen LogP contribution in [0.25, 0.3) is 0 Å². The largest absolute Gasteiger partial charge is 0.444 e. The van der Waals surface area contributed by atoms with Gasteiger partial charge in [0.25, 0.3) is 0 Å². The lowest BCUT2D eigenvalue weighted by molar-refractivity contribution is -0.134. The maximum Gasteiger partial charge on any atom is 0.412 e. The lowest BCUT2D eigenvalue weighted by atomic mass is 9.96. The van der Waals surface area contributed by atoms with E-state index in [1.807, 2.05) is 0 Å². The topological polar surface area (TPSA) is 169 Å². The standard InChI is InChI=1S/C31H38FN7O7/c1-30(2,3)45-28(42)33-21-10-8-20(9-11-21)27(41)44-24-12-7-19(18-23(24)32)17-22(25-34-36-37-35-25)26(40)38-13-15-39(16-14-38)29(43)46-31(4,5)6/h7-12,18,22H,13-17H2,1-6H3,(H,33,42)(H,34,35,36,37). The summed E-state index contributed by atoms with van der Waals surface area (Å²) in [6.07, 6.45) is -1.05. The second-order valence-corrected chi connectivity index (χ2v) is 12.7. The molecule has 3 aromatic rings. The van der Waals surface area contributed by atoms with Crippen molar-refractivity contribution >= 4 is 29.8 Å². The number of piperazine rings is 1. The minimum atomic E-state index is -0.882. The van der Waals surface area contributed by atoms with Gasteiger partial charge in [-0.25, -0.2) is 18.8 Å². The summed E-state index contributed by atoms with van der Waals surface area (Å²) in [7, 11) is 0. The molecule has 2 aromatic carbocycles. The molecule has 4 rings (SSSR count). The van der Waals surface area contributed by atoms with Crippen LogP contribution in [0.2, 0.25) is 0 Å². The number of hydrogen-bond donors (Lipinski definition) is 2. The van der Waals surface area contributed by atoms with Gasteiger partial charge in [-0.05, 0) is 89.9 Å². The third-order valence-corrected chi connectivity index (χ3v) is 6.62. The first-order chi connectivity index (χ1) is 21.6. The fourth-order valence-corrected chi connectivity index (χ4v) is 4.52. The quantitative estimate of drug-likeness (QED) is 0.281. The summed E-state index contributed by atoms with van der Waals surface area (Å²) < 4.78 is 31.0. The summed E-state index contributed by atoms with van der Waals surface area (Å²) >= 11 is 0. The summed E-state index contributed by atoms with van der Waals surface area (Å²) in [6.45, 7) is 11.7. The Balaban J connectivity index is 1.38. The number of rotatable bonds is 7. The lowest BCUT2D eigenvalue weighted by Crippen LogP contribution is -2.52. The highest BCUT2D eigenvalue weighted by molar-refractivity contribution is 5.92. The zero-order valence-electron chi connectivity index (χ0n) is 26.6. The fraction of sp³-hybridized carbons (Fsp3) is 0.452. The van der Waals surface area contributed by atoms with E-state index in [-0.39, 0.29) is 55.6 Å². The Morgan fingerprint density at radius 1 is 0.913 bits per heavy atom. The number of aromatic nitrogens is 4. The molecule has 0 radical (unpaired) electrons. The summed E-state index contributed by atoms with van der Waals surface area (Å²) in [4.78, 5) is 53.8. The van der Waals surface area contributed by atoms with Gasteiger partial charge in [-0.3, -0.25) is 10.1 Å². The van der Waals surface area contributed by atoms with E-state index in [0.29, 0.717) is 11.3 Å². The predicted molar refractivity (Wildman–Crippen MR) is 163 cm³/mol. The van der Waals surface area contributed by atoms with Crippen molar-refractivity contribution < 1.29 is 37.8 Å². The van der Waals surface area contributed by atoms with E-state index in [0.717, 1.165) is 0 Å². The first-order valence-electron chi connectivity index (χ1n) is 14.7. The van der Waals surface area contributed by atoms with Crippen molar-refractivity contribution in [2.45, 2.75) is 65.1 Å². The van der Waals surface area contributed by atoms with Gasteiger partial charge in [-0.1, -0.05) is 11.3 Å². The number of benzene rings is 2. The van der Waals surface area contributed by atoms with E-state index in [1.54, 1.807) is 57.4 Å². The number of carbonyl (C=O) groups excluding carboxylic acids is 4. The van der Waals surface area contributed by atoms with Gasteiger partial charge < -0.3 is 24.0 Å². The zero-order valence-corrected chi connectivity index (χ0v) is 26.6. The number of anilines is 1. The van der Waals surface area contributed by atoms with Crippen LogP contribution in [-0.2, 0) is 20.7 Å². The molecular formula is C31H38FN7O7. The zero-order chi connectivity index (χ0) is 33.6. The van der Waals surface area contributed by atoms with Crippen LogP contribution in [0.15, 0.2) is 42.5 Å². The molecule has 2 heterocycles. The fourth-order valence-electron chi connectivity index (χ4n) is 4.52. The highest BCUT2D eigenvalue weighted by atomic mass is 19.1. The number of carbonyl (C=O) groups is 4. The molecule has 14 nitrogen and oxygen atoms in total. The second-order valence-electron chi connectivity index (χ2n) is 12.7.